The van der Waals surface area contributed by atoms with Gasteiger partial charge in [0.1, 0.15) is 0 Å². The number of aromatic amines is 1. The molecule has 17 heavy (non-hydrogen) atoms. The molecular weight excluding hydrogens is 216 g/mol. The standard InChI is InChI=1S/C12H22N4O/c1-5-8(13)6-11(17)14-10-7-9(15-16-10)12(2,3)4/h7-8H,5-6,13H2,1-4H3,(H2,14,15,16,17). The van der Waals surface area contributed by atoms with E-state index in [0.717, 1.165) is 12.1 Å². The number of hydrogen-bond acceptors (Lipinski definition) is 3. The topological polar surface area (TPSA) is 83.8 Å². The van der Waals surface area contributed by atoms with E-state index in [1.165, 1.54) is 0 Å². The highest BCUT2D eigenvalue weighted by atomic mass is 16.1. The average Bonchev–Trinajstić information content (AvgIpc) is 2.65. The van der Waals surface area contributed by atoms with E-state index in [0.29, 0.717) is 12.2 Å². The Balaban J connectivity index is 2.58. The van der Waals surface area contributed by atoms with Crippen LogP contribution in [0.1, 0.15) is 46.2 Å². The number of H-pyrrole nitrogens is 1. The molecule has 5 nitrogen and oxygen atoms in total. The minimum Gasteiger partial charge on any atom is -0.327 e. The first-order valence-electron chi connectivity index (χ1n) is 5.94. The van der Waals surface area contributed by atoms with Crippen molar-refractivity contribution in [1.29, 1.82) is 0 Å². The smallest absolute Gasteiger partial charge is 0.227 e. The molecule has 0 bridgehead atoms. The van der Waals surface area contributed by atoms with Crippen LogP contribution in [0.4, 0.5) is 5.82 Å². The maximum Gasteiger partial charge on any atom is 0.227 e. The van der Waals surface area contributed by atoms with Crippen LogP contribution in [0.5, 0.6) is 0 Å². The van der Waals surface area contributed by atoms with E-state index in [4.69, 9.17) is 5.73 Å². The summed E-state index contributed by atoms with van der Waals surface area (Å²) in [6.07, 6.45) is 1.12. The molecule has 96 valence electrons. The van der Waals surface area contributed by atoms with Gasteiger partial charge in [0.2, 0.25) is 5.91 Å². The van der Waals surface area contributed by atoms with Crippen LogP contribution in [0.2, 0.25) is 0 Å². The van der Waals surface area contributed by atoms with Crippen molar-refractivity contribution in [1.82, 2.24) is 10.2 Å². The molecule has 5 heteroatoms. The zero-order valence-electron chi connectivity index (χ0n) is 11.0. The van der Waals surface area contributed by atoms with Crippen LogP contribution in [-0.2, 0) is 10.2 Å². The third-order valence-electron chi connectivity index (χ3n) is 2.63. The number of aromatic nitrogens is 2. The molecule has 0 saturated carbocycles. The number of anilines is 1. The van der Waals surface area contributed by atoms with Crippen LogP contribution in [-0.4, -0.2) is 22.1 Å². The Morgan fingerprint density at radius 1 is 1.59 bits per heavy atom. The van der Waals surface area contributed by atoms with Crippen molar-refractivity contribution in [3.05, 3.63) is 11.8 Å². The zero-order valence-corrected chi connectivity index (χ0v) is 11.0. The summed E-state index contributed by atoms with van der Waals surface area (Å²) in [7, 11) is 0. The van der Waals surface area contributed by atoms with Gasteiger partial charge in [-0.15, -0.1) is 0 Å². The normalized spacial score (nSPS) is 13.5. The van der Waals surface area contributed by atoms with E-state index in [2.05, 4.69) is 36.3 Å². The number of hydrogen-bond donors (Lipinski definition) is 3. The second-order valence-electron chi connectivity index (χ2n) is 5.34. The molecule has 4 N–H and O–H groups in total. The molecule has 0 spiro atoms. The molecule has 1 unspecified atom stereocenters. The molecule has 0 radical (unpaired) electrons. The fourth-order valence-corrected chi connectivity index (χ4v) is 1.35. The summed E-state index contributed by atoms with van der Waals surface area (Å²) in [5, 5.41) is 9.72. The summed E-state index contributed by atoms with van der Waals surface area (Å²) in [4.78, 5) is 11.6. The van der Waals surface area contributed by atoms with Gasteiger partial charge in [0, 0.05) is 29.6 Å². The fraction of sp³-hybridized carbons (Fsp3) is 0.667. The molecule has 1 rings (SSSR count). The van der Waals surface area contributed by atoms with Crippen LogP contribution in [0.3, 0.4) is 0 Å². The molecule has 0 aliphatic carbocycles. The summed E-state index contributed by atoms with van der Waals surface area (Å²) in [5.74, 6) is 0.467. The fourth-order valence-electron chi connectivity index (χ4n) is 1.35. The van der Waals surface area contributed by atoms with E-state index in [1.807, 2.05) is 13.0 Å². The second-order valence-corrected chi connectivity index (χ2v) is 5.34. The van der Waals surface area contributed by atoms with Crippen LogP contribution >= 0.6 is 0 Å². The predicted molar refractivity (Wildman–Crippen MR) is 68.8 cm³/mol. The molecule has 1 aromatic heterocycles. The zero-order chi connectivity index (χ0) is 13.1. The van der Waals surface area contributed by atoms with Gasteiger partial charge in [0.25, 0.3) is 0 Å². The summed E-state index contributed by atoms with van der Waals surface area (Å²) in [6, 6.07) is 1.77. The van der Waals surface area contributed by atoms with Gasteiger partial charge in [0.15, 0.2) is 5.82 Å². The Kier molecular flexibility index (Phi) is 4.28. The molecule has 0 aliphatic heterocycles. The lowest BCUT2D eigenvalue weighted by molar-refractivity contribution is -0.116. The maximum absolute atomic E-state index is 11.6. The van der Waals surface area contributed by atoms with Gasteiger partial charge in [-0.2, -0.15) is 5.10 Å². The minimum atomic E-state index is -0.0914. The molecule has 0 aliphatic rings. The van der Waals surface area contributed by atoms with Gasteiger partial charge in [0.05, 0.1) is 0 Å². The van der Waals surface area contributed by atoms with Gasteiger partial charge in [-0.3, -0.25) is 9.89 Å². The van der Waals surface area contributed by atoms with Crippen LogP contribution in [0.25, 0.3) is 0 Å². The van der Waals surface area contributed by atoms with Gasteiger partial charge in [-0.25, -0.2) is 0 Å². The molecule has 0 aromatic carbocycles. The number of nitrogens with one attached hydrogen (secondary N) is 2. The quantitative estimate of drug-likeness (QED) is 0.747. The van der Waals surface area contributed by atoms with Crippen molar-refractivity contribution in [3.63, 3.8) is 0 Å². The highest BCUT2D eigenvalue weighted by molar-refractivity contribution is 5.90. The number of rotatable bonds is 4. The van der Waals surface area contributed by atoms with Crippen molar-refractivity contribution in [2.45, 2.75) is 52.0 Å². The first-order chi connectivity index (χ1) is 7.82. The first-order valence-corrected chi connectivity index (χ1v) is 5.94. The van der Waals surface area contributed by atoms with Gasteiger partial charge < -0.3 is 11.1 Å². The molecule has 0 saturated heterocycles. The SMILES string of the molecule is CCC(N)CC(=O)Nc1cc(C(C)(C)C)[nH]n1. The predicted octanol–water partition coefficient (Wildman–Crippen LogP) is 1.77. The summed E-state index contributed by atoms with van der Waals surface area (Å²) < 4.78 is 0. The van der Waals surface area contributed by atoms with E-state index in [9.17, 15) is 4.79 Å². The molecule has 1 amide bonds. The first kappa shape index (κ1) is 13.7. The highest BCUT2D eigenvalue weighted by Crippen LogP contribution is 2.21. The number of carbonyl (C=O) groups is 1. The summed E-state index contributed by atoms with van der Waals surface area (Å²) in [5.41, 5.74) is 6.70. The molecular formula is C12H22N4O. The summed E-state index contributed by atoms with van der Waals surface area (Å²) >= 11 is 0. The lowest BCUT2D eigenvalue weighted by Gasteiger charge is -2.14. The molecule has 1 heterocycles. The summed E-state index contributed by atoms with van der Waals surface area (Å²) in [6.45, 7) is 8.21. The van der Waals surface area contributed by atoms with Crippen LogP contribution in [0.15, 0.2) is 6.07 Å². The third-order valence-corrected chi connectivity index (χ3v) is 2.63. The molecule has 0 fully saturated rings. The average molecular weight is 238 g/mol. The Morgan fingerprint density at radius 2 is 2.24 bits per heavy atom. The van der Waals surface area contributed by atoms with E-state index in [1.54, 1.807) is 0 Å². The van der Waals surface area contributed by atoms with Crippen molar-refractivity contribution in [2.24, 2.45) is 5.73 Å². The maximum atomic E-state index is 11.6. The number of carbonyl (C=O) groups excluding carboxylic acids is 1. The number of nitrogens with two attached hydrogens (primary N) is 1. The van der Waals surface area contributed by atoms with E-state index in [-0.39, 0.29) is 17.4 Å². The Morgan fingerprint density at radius 3 is 2.71 bits per heavy atom. The van der Waals surface area contributed by atoms with Gasteiger partial charge in [-0.05, 0) is 6.42 Å². The number of nitrogens with zero attached hydrogens (tertiary/aromatic N) is 1. The third kappa shape index (κ3) is 4.19. The lowest BCUT2D eigenvalue weighted by Crippen LogP contribution is -2.26. The van der Waals surface area contributed by atoms with Crippen LogP contribution in [0, 0.1) is 0 Å². The Labute approximate surface area is 102 Å². The van der Waals surface area contributed by atoms with Crippen molar-refractivity contribution >= 4 is 11.7 Å². The van der Waals surface area contributed by atoms with Crippen molar-refractivity contribution in [2.75, 3.05) is 5.32 Å². The van der Waals surface area contributed by atoms with Gasteiger partial charge >= 0.3 is 0 Å². The Hall–Kier alpha value is -1.36. The van der Waals surface area contributed by atoms with Crippen molar-refractivity contribution < 1.29 is 4.79 Å². The monoisotopic (exact) mass is 238 g/mol. The molecule has 1 atom stereocenters. The number of amides is 1. The highest BCUT2D eigenvalue weighted by Gasteiger charge is 2.17. The minimum absolute atomic E-state index is 0.00417. The van der Waals surface area contributed by atoms with Gasteiger partial charge in [-0.1, -0.05) is 27.7 Å². The second kappa shape index (κ2) is 5.31. The van der Waals surface area contributed by atoms with Crippen molar-refractivity contribution in [3.8, 4) is 0 Å². The largest absolute Gasteiger partial charge is 0.327 e. The lowest BCUT2D eigenvalue weighted by atomic mass is 9.92. The van der Waals surface area contributed by atoms with Crippen LogP contribution < -0.4 is 11.1 Å². The molecule has 1 aromatic rings. The van der Waals surface area contributed by atoms with E-state index >= 15 is 0 Å². The van der Waals surface area contributed by atoms with E-state index < -0.39 is 0 Å². The Bertz CT molecular complexity index is 378.